The third-order valence-electron chi connectivity index (χ3n) is 2.57. The molecule has 0 saturated heterocycles. The molecular formula is C8H18N2O4S3. The van der Waals surface area contributed by atoms with E-state index in [0.29, 0.717) is 0 Å². The van der Waals surface area contributed by atoms with Crippen LogP contribution in [0, 0.1) is 0 Å². The van der Waals surface area contributed by atoms with E-state index < -0.39 is 29.9 Å². The van der Waals surface area contributed by atoms with Crippen LogP contribution in [0.4, 0.5) is 0 Å². The average Bonchev–Trinajstić information content (AvgIpc) is 2.12. The van der Waals surface area contributed by atoms with E-state index in [0.717, 1.165) is 6.26 Å². The van der Waals surface area contributed by atoms with Gasteiger partial charge in [0.15, 0.2) is 9.84 Å². The van der Waals surface area contributed by atoms with Gasteiger partial charge in [0.1, 0.15) is 5.25 Å². The maximum absolute atomic E-state index is 11.7. The van der Waals surface area contributed by atoms with Crippen LogP contribution < -0.4 is 10.5 Å². The minimum absolute atomic E-state index is 0.158. The largest absolute Gasteiger partial charge is 0.392 e. The van der Waals surface area contributed by atoms with Gasteiger partial charge in [-0.1, -0.05) is 12.2 Å². The summed E-state index contributed by atoms with van der Waals surface area (Å²) in [7, 11) is -7.10. The van der Waals surface area contributed by atoms with Crippen molar-refractivity contribution in [2.24, 2.45) is 5.73 Å². The molecule has 0 aliphatic rings. The Labute approximate surface area is 108 Å². The lowest BCUT2D eigenvalue weighted by Gasteiger charge is -2.23. The Morgan fingerprint density at radius 1 is 1.35 bits per heavy atom. The summed E-state index contributed by atoms with van der Waals surface area (Å²) in [4.78, 5) is -0.158. The van der Waals surface area contributed by atoms with Crippen molar-refractivity contribution in [3.63, 3.8) is 0 Å². The number of hydrogen-bond acceptors (Lipinski definition) is 5. The molecule has 0 radical (unpaired) electrons. The summed E-state index contributed by atoms with van der Waals surface area (Å²) in [5, 5.41) is -1.03. The smallest absolute Gasteiger partial charge is 0.220 e. The SMILES string of the molecule is CC(C(N)=S)S(=O)(=O)NCC(C)(C)S(C)(=O)=O. The molecule has 0 aliphatic carbocycles. The topological polar surface area (TPSA) is 106 Å². The highest BCUT2D eigenvalue weighted by Gasteiger charge is 2.33. The molecule has 3 N–H and O–H groups in total. The molecule has 0 saturated carbocycles. The Morgan fingerprint density at radius 3 is 2.06 bits per heavy atom. The van der Waals surface area contributed by atoms with Gasteiger partial charge in [-0.3, -0.25) is 0 Å². The van der Waals surface area contributed by atoms with E-state index in [1.807, 2.05) is 0 Å². The normalized spacial score (nSPS) is 15.5. The van der Waals surface area contributed by atoms with Crippen LogP contribution in [0.25, 0.3) is 0 Å². The van der Waals surface area contributed by atoms with Crippen molar-refractivity contribution in [3.05, 3.63) is 0 Å². The number of nitrogens with one attached hydrogen (secondary N) is 1. The molecule has 0 amide bonds. The number of sulfone groups is 1. The molecule has 17 heavy (non-hydrogen) atoms. The Kier molecular flexibility index (Phi) is 5.09. The van der Waals surface area contributed by atoms with E-state index in [-0.39, 0.29) is 11.5 Å². The van der Waals surface area contributed by atoms with Crippen LogP contribution >= 0.6 is 12.2 Å². The molecule has 0 aromatic heterocycles. The number of rotatable bonds is 6. The van der Waals surface area contributed by atoms with Gasteiger partial charge in [0.25, 0.3) is 0 Å². The third-order valence-corrected chi connectivity index (χ3v) is 6.96. The number of sulfonamides is 1. The van der Waals surface area contributed by atoms with Crippen molar-refractivity contribution in [2.45, 2.75) is 30.8 Å². The molecule has 0 aromatic carbocycles. The van der Waals surface area contributed by atoms with Gasteiger partial charge < -0.3 is 5.73 Å². The standard InChI is InChI=1S/C8H18N2O4S3/c1-6(7(9)15)17(13,14)10-5-8(2,3)16(4,11)12/h6,10H,5H2,1-4H3,(H2,9,15). The monoisotopic (exact) mass is 302 g/mol. The van der Waals surface area contributed by atoms with E-state index in [1.165, 1.54) is 20.8 Å². The molecule has 0 aliphatic heterocycles. The molecule has 1 atom stereocenters. The molecule has 9 heteroatoms. The molecular weight excluding hydrogens is 284 g/mol. The fourth-order valence-corrected chi connectivity index (χ4v) is 2.61. The highest BCUT2D eigenvalue weighted by atomic mass is 32.2. The zero-order valence-electron chi connectivity index (χ0n) is 10.2. The lowest BCUT2D eigenvalue weighted by atomic mass is 10.2. The van der Waals surface area contributed by atoms with Crippen LogP contribution in [0.1, 0.15) is 20.8 Å². The molecule has 0 bridgehead atoms. The van der Waals surface area contributed by atoms with Gasteiger partial charge in [0.2, 0.25) is 10.0 Å². The van der Waals surface area contributed by atoms with Crippen LogP contribution in [0.3, 0.4) is 0 Å². The molecule has 102 valence electrons. The van der Waals surface area contributed by atoms with E-state index in [9.17, 15) is 16.8 Å². The number of thiocarbonyl (C=S) groups is 1. The van der Waals surface area contributed by atoms with Gasteiger partial charge in [-0.25, -0.2) is 21.6 Å². The van der Waals surface area contributed by atoms with Gasteiger partial charge in [0.05, 0.1) is 9.74 Å². The van der Waals surface area contributed by atoms with Gasteiger partial charge in [-0.15, -0.1) is 0 Å². The lowest BCUT2D eigenvalue weighted by molar-refractivity contribution is 0.536. The maximum Gasteiger partial charge on any atom is 0.220 e. The second-order valence-electron chi connectivity index (χ2n) is 4.44. The summed E-state index contributed by atoms with van der Waals surface area (Å²) in [6.45, 7) is 4.01. The minimum Gasteiger partial charge on any atom is -0.392 e. The molecule has 0 rings (SSSR count). The first-order valence-electron chi connectivity index (χ1n) is 4.78. The summed E-state index contributed by atoms with van der Waals surface area (Å²) in [6.07, 6.45) is 1.05. The number of nitrogens with two attached hydrogens (primary N) is 1. The molecule has 0 heterocycles. The Balaban J connectivity index is 4.88. The van der Waals surface area contributed by atoms with Gasteiger partial charge in [-0.05, 0) is 20.8 Å². The predicted octanol–water partition coefficient (Wildman–Crippen LogP) is -0.596. The molecule has 0 spiro atoms. The quantitative estimate of drug-likeness (QED) is 0.635. The van der Waals surface area contributed by atoms with Crippen molar-refractivity contribution in [3.8, 4) is 0 Å². The molecule has 0 fully saturated rings. The summed E-state index contributed by atoms with van der Waals surface area (Å²) in [5.41, 5.74) is 5.24. The first kappa shape index (κ1) is 16.8. The Hall–Kier alpha value is -0.250. The van der Waals surface area contributed by atoms with Crippen molar-refractivity contribution in [1.82, 2.24) is 4.72 Å². The zero-order valence-corrected chi connectivity index (χ0v) is 12.7. The van der Waals surface area contributed by atoms with Gasteiger partial charge in [0, 0.05) is 12.8 Å². The van der Waals surface area contributed by atoms with E-state index in [1.54, 1.807) is 0 Å². The molecule has 0 aromatic rings. The second-order valence-corrected chi connectivity index (χ2v) is 9.65. The second kappa shape index (κ2) is 5.17. The summed E-state index contributed by atoms with van der Waals surface area (Å²) < 4.78 is 47.1. The van der Waals surface area contributed by atoms with Crippen LogP contribution in [0.5, 0.6) is 0 Å². The first-order chi connectivity index (χ1) is 7.31. The summed E-state index contributed by atoms with van der Waals surface area (Å²) >= 11 is 4.59. The Morgan fingerprint density at radius 2 is 1.76 bits per heavy atom. The van der Waals surface area contributed by atoms with E-state index >= 15 is 0 Å². The fourth-order valence-electron chi connectivity index (χ4n) is 0.683. The van der Waals surface area contributed by atoms with Crippen molar-refractivity contribution in [1.29, 1.82) is 0 Å². The first-order valence-corrected chi connectivity index (χ1v) is 8.63. The minimum atomic E-state index is -3.73. The van der Waals surface area contributed by atoms with Crippen LogP contribution in [0.2, 0.25) is 0 Å². The maximum atomic E-state index is 11.7. The fraction of sp³-hybridized carbons (Fsp3) is 0.875. The Bertz CT molecular complexity index is 493. The van der Waals surface area contributed by atoms with Gasteiger partial charge in [-0.2, -0.15) is 0 Å². The summed E-state index contributed by atoms with van der Waals surface area (Å²) in [6, 6.07) is 0. The van der Waals surface area contributed by atoms with Gasteiger partial charge >= 0.3 is 0 Å². The molecule has 6 nitrogen and oxygen atoms in total. The van der Waals surface area contributed by atoms with Crippen LogP contribution in [-0.2, 0) is 19.9 Å². The van der Waals surface area contributed by atoms with Crippen molar-refractivity contribution < 1.29 is 16.8 Å². The lowest BCUT2D eigenvalue weighted by Crippen LogP contribution is -2.48. The molecule has 1 unspecified atom stereocenters. The average molecular weight is 302 g/mol. The van der Waals surface area contributed by atoms with Crippen molar-refractivity contribution >= 4 is 37.1 Å². The predicted molar refractivity (Wildman–Crippen MR) is 72.1 cm³/mol. The summed E-state index contributed by atoms with van der Waals surface area (Å²) in [5.74, 6) is 0. The van der Waals surface area contributed by atoms with Crippen LogP contribution in [0.15, 0.2) is 0 Å². The highest BCUT2D eigenvalue weighted by molar-refractivity contribution is 7.93. The van der Waals surface area contributed by atoms with E-state index in [4.69, 9.17) is 5.73 Å². The van der Waals surface area contributed by atoms with Crippen molar-refractivity contribution in [2.75, 3.05) is 12.8 Å². The third kappa shape index (κ3) is 4.49. The van der Waals surface area contributed by atoms with Crippen LogP contribution in [-0.4, -0.2) is 44.6 Å². The van der Waals surface area contributed by atoms with E-state index in [2.05, 4.69) is 16.9 Å². The number of hydrogen-bond donors (Lipinski definition) is 2. The highest BCUT2D eigenvalue weighted by Crippen LogP contribution is 2.14. The zero-order chi connectivity index (χ0) is 14.1.